The molecule has 1 saturated heterocycles. The van der Waals surface area contributed by atoms with Crippen LogP contribution in [0, 0.1) is 0 Å². The second kappa shape index (κ2) is 4.42. The van der Waals surface area contributed by atoms with Gasteiger partial charge in [-0.05, 0) is 12.0 Å². The van der Waals surface area contributed by atoms with Gasteiger partial charge in [-0.25, -0.2) is 0 Å². The minimum Gasteiger partial charge on any atom is -0.338 e. The van der Waals surface area contributed by atoms with E-state index in [1.807, 2.05) is 0 Å². The lowest BCUT2D eigenvalue weighted by Crippen LogP contribution is -2.59. The van der Waals surface area contributed by atoms with Crippen LogP contribution < -0.4 is 4.57 Å². The maximum Gasteiger partial charge on any atom is 0.222 e. The molecule has 1 aliphatic carbocycles. The molecule has 0 N–H and O–H groups in total. The molecule has 2 bridgehead atoms. The lowest BCUT2D eigenvalue weighted by molar-refractivity contribution is -0.731. The van der Waals surface area contributed by atoms with Crippen molar-refractivity contribution in [3.8, 4) is 0 Å². The van der Waals surface area contributed by atoms with E-state index in [0.29, 0.717) is 23.9 Å². The Kier molecular flexibility index (Phi) is 2.49. The standard InChI is InChI=1S/C19H19N2O/c22-18-9-5-11-21(18)17-12-16-13-6-1-2-7-14(13)19(17)15-8-3-4-10-20(15)16/h1-4,6-8,10,16-17,19H,5,9,11-12H2/q+1/t16-,17+,19+/m1/s1. The van der Waals surface area contributed by atoms with Crippen molar-refractivity contribution in [2.45, 2.75) is 37.3 Å². The Morgan fingerprint density at radius 2 is 1.86 bits per heavy atom. The topological polar surface area (TPSA) is 24.2 Å². The van der Waals surface area contributed by atoms with Crippen LogP contribution in [0.5, 0.6) is 0 Å². The van der Waals surface area contributed by atoms with Crippen LogP contribution in [-0.4, -0.2) is 23.4 Å². The van der Waals surface area contributed by atoms with E-state index in [2.05, 4.69) is 58.1 Å². The summed E-state index contributed by atoms with van der Waals surface area (Å²) in [4.78, 5) is 14.4. The summed E-state index contributed by atoms with van der Waals surface area (Å²) in [5.41, 5.74) is 4.23. The first-order valence-corrected chi connectivity index (χ1v) is 8.23. The second-order valence-corrected chi connectivity index (χ2v) is 6.65. The number of rotatable bonds is 1. The van der Waals surface area contributed by atoms with Gasteiger partial charge in [-0.2, -0.15) is 4.57 Å². The summed E-state index contributed by atoms with van der Waals surface area (Å²) in [6, 6.07) is 16.0. The molecule has 3 atom stereocenters. The fraction of sp³-hybridized carbons (Fsp3) is 0.368. The molecule has 0 spiro atoms. The number of aromatic nitrogens is 1. The van der Waals surface area contributed by atoms with Gasteiger partial charge in [-0.1, -0.05) is 30.3 Å². The van der Waals surface area contributed by atoms with Gasteiger partial charge in [0.1, 0.15) is 0 Å². The van der Waals surface area contributed by atoms with Gasteiger partial charge in [0.05, 0.1) is 12.0 Å². The van der Waals surface area contributed by atoms with E-state index in [-0.39, 0.29) is 0 Å². The molecule has 1 amide bonds. The van der Waals surface area contributed by atoms with Crippen molar-refractivity contribution in [3.63, 3.8) is 0 Å². The van der Waals surface area contributed by atoms with Crippen molar-refractivity contribution in [1.82, 2.24) is 4.90 Å². The molecule has 4 heterocycles. The van der Waals surface area contributed by atoms with E-state index in [9.17, 15) is 4.79 Å². The van der Waals surface area contributed by atoms with Crippen molar-refractivity contribution in [3.05, 3.63) is 65.5 Å². The van der Waals surface area contributed by atoms with Crippen molar-refractivity contribution in [2.24, 2.45) is 0 Å². The second-order valence-electron chi connectivity index (χ2n) is 6.65. The van der Waals surface area contributed by atoms with Crippen LogP contribution in [0.15, 0.2) is 48.7 Å². The molecule has 6 rings (SSSR count). The molecular formula is C19H19N2O+. The van der Waals surface area contributed by atoms with Gasteiger partial charge in [0, 0.05) is 37.1 Å². The molecule has 1 aromatic heterocycles. The fourth-order valence-corrected chi connectivity index (χ4v) is 4.76. The van der Waals surface area contributed by atoms with Gasteiger partial charge >= 0.3 is 0 Å². The van der Waals surface area contributed by atoms with Crippen LogP contribution in [0.2, 0.25) is 0 Å². The molecule has 2 aromatic rings. The normalized spacial score (nSPS) is 28.6. The molecule has 3 nitrogen and oxygen atoms in total. The molecular weight excluding hydrogens is 272 g/mol. The number of hydrogen-bond acceptors (Lipinski definition) is 1. The third-order valence-electron chi connectivity index (χ3n) is 5.63. The fourth-order valence-electron chi connectivity index (χ4n) is 4.76. The van der Waals surface area contributed by atoms with Crippen LogP contribution in [0.1, 0.15) is 48.0 Å². The first-order chi connectivity index (χ1) is 10.8. The molecule has 3 aliphatic heterocycles. The van der Waals surface area contributed by atoms with Crippen molar-refractivity contribution >= 4 is 5.91 Å². The van der Waals surface area contributed by atoms with Gasteiger partial charge in [-0.15, -0.1) is 0 Å². The molecule has 0 unspecified atom stereocenters. The van der Waals surface area contributed by atoms with E-state index >= 15 is 0 Å². The maximum absolute atomic E-state index is 12.3. The Hall–Kier alpha value is -2.16. The van der Waals surface area contributed by atoms with Crippen LogP contribution in [0.4, 0.5) is 0 Å². The van der Waals surface area contributed by atoms with Gasteiger partial charge in [-0.3, -0.25) is 4.79 Å². The number of carbonyl (C=O) groups excluding carboxylic acids is 1. The van der Waals surface area contributed by atoms with Gasteiger partial charge in [0.15, 0.2) is 17.9 Å². The number of pyridine rings is 1. The molecule has 1 aromatic carbocycles. The number of benzene rings is 1. The minimum absolute atomic E-state index is 0.324. The third kappa shape index (κ3) is 1.51. The molecule has 22 heavy (non-hydrogen) atoms. The summed E-state index contributed by atoms with van der Waals surface area (Å²) in [6.07, 6.45) is 4.99. The summed E-state index contributed by atoms with van der Waals surface area (Å²) in [5, 5.41) is 0. The molecule has 1 fully saturated rings. The first kappa shape index (κ1) is 12.4. The SMILES string of the molecule is O=C1CCCN1[C@H]1C[C@@H]2c3ccccc3[C@H]1c1cccc[n+]12. The largest absolute Gasteiger partial charge is 0.338 e. The highest BCUT2D eigenvalue weighted by Gasteiger charge is 2.52. The number of amides is 1. The zero-order chi connectivity index (χ0) is 14.7. The summed E-state index contributed by atoms with van der Waals surface area (Å²) in [6.45, 7) is 0.932. The summed E-state index contributed by atoms with van der Waals surface area (Å²) >= 11 is 0. The van der Waals surface area contributed by atoms with Gasteiger partial charge in [0.2, 0.25) is 5.91 Å². The first-order valence-electron chi connectivity index (χ1n) is 8.23. The lowest BCUT2D eigenvalue weighted by Gasteiger charge is -2.43. The Labute approximate surface area is 130 Å². The predicted molar refractivity (Wildman–Crippen MR) is 82.4 cm³/mol. The van der Waals surface area contributed by atoms with Crippen LogP contribution in [0.3, 0.4) is 0 Å². The molecule has 3 heteroatoms. The lowest BCUT2D eigenvalue weighted by atomic mass is 9.70. The van der Waals surface area contributed by atoms with E-state index < -0.39 is 0 Å². The van der Waals surface area contributed by atoms with E-state index in [1.54, 1.807) is 0 Å². The number of hydrogen-bond donors (Lipinski definition) is 0. The highest BCUT2D eigenvalue weighted by atomic mass is 16.2. The number of carbonyl (C=O) groups is 1. The number of nitrogens with zero attached hydrogens (tertiary/aromatic N) is 2. The average molecular weight is 291 g/mol. The van der Waals surface area contributed by atoms with E-state index in [4.69, 9.17) is 0 Å². The summed E-state index contributed by atoms with van der Waals surface area (Å²) in [5.74, 6) is 0.668. The third-order valence-corrected chi connectivity index (χ3v) is 5.63. The Balaban J connectivity index is 1.70. The van der Waals surface area contributed by atoms with Gasteiger partial charge < -0.3 is 4.90 Å². The highest BCUT2D eigenvalue weighted by molar-refractivity contribution is 5.78. The van der Waals surface area contributed by atoms with Crippen LogP contribution in [-0.2, 0) is 4.79 Å². The number of likely N-dealkylation sites (tertiary alicyclic amines) is 1. The molecule has 4 aliphatic rings. The van der Waals surface area contributed by atoms with Crippen molar-refractivity contribution in [1.29, 1.82) is 0 Å². The van der Waals surface area contributed by atoms with Crippen LogP contribution in [0.25, 0.3) is 0 Å². The van der Waals surface area contributed by atoms with Crippen molar-refractivity contribution in [2.75, 3.05) is 6.54 Å². The zero-order valence-corrected chi connectivity index (χ0v) is 12.5. The van der Waals surface area contributed by atoms with E-state index in [0.717, 1.165) is 25.8 Å². The van der Waals surface area contributed by atoms with E-state index in [1.165, 1.54) is 16.8 Å². The summed E-state index contributed by atoms with van der Waals surface area (Å²) in [7, 11) is 0. The Morgan fingerprint density at radius 1 is 1.05 bits per heavy atom. The van der Waals surface area contributed by atoms with Crippen molar-refractivity contribution < 1.29 is 9.36 Å². The molecule has 0 saturated carbocycles. The maximum atomic E-state index is 12.3. The molecule has 0 radical (unpaired) electrons. The van der Waals surface area contributed by atoms with Gasteiger partial charge in [0.25, 0.3) is 0 Å². The van der Waals surface area contributed by atoms with Crippen LogP contribution >= 0.6 is 0 Å². The summed E-state index contributed by atoms with van der Waals surface area (Å²) < 4.78 is 2.42. The Morgan fingerprint density at radius 3 is 2.68 bits per heavy atom. The molecule has 110 valence electrons. The number of fused-ring (bicyclic) bond motifs is 1. The minimum atomic E-state index is 0.324. The predicted octanol–water partition coefficient (Wildman–Crippen LogP) is 2.40. The average Bonchev–Trinajstić information content (AvgIpc) is 3.01. The highest BCUT2D eigenvalue weighted by Crippen LogP contribution is 2.47. The smallest absolute Gasteiger partial charge is 0.222 e. The Bertz CT molecular complexity index is 722. The quantitative estimate of drug-likeness (QED) is 0.740. The monoisotopic (exact) mass is 291 g/mol. The zero-order valence-electron chi connectivity index (χ0n) is 12.5.